The summed E-state index contributed by atoms with van der Waals surface area (Å²) in [5.74, 6) is 2.39. The molecule has 2 aromatic rings. The molecule has 4 nitrogen and oxygen atoms in total. The minimum absolute atomic E-state index is 0.642. The zero-order valence-corrected chi connectivity index (χ0v) is 12.1. The third kappa shape index (κ3) is 3.71. The first-order valence-corrected chi connectivity index (χ1v) is 6.73. The fourth-order valence-corrected chi connectivity index (χ4v) is 1.90. The predicted octanol–water partition coefficient (Wildman–Crippen LogP) is 3.30. The van der Waals surface area contributed by atoms with E-state index in [1.54, 1.807) is 0 Å². The molecule has 1 N–H and O–H groups in total. The van der Waals surface area contributed by atoms with Crippen molar-refractivity contribution in [3.8, 4) is 17.2 Å². The maximum absolute atomic E-state index is 5.97. The van der Waals surface area contributed by atoms with Crippen molar-refractivity contribution < 1.29 is 9.47 Å². The van der Waals surface area contributed by atoms with Crippen LogP contribution in [0.3, 0.4) is 0 Å². The molecule has 0 aliphatic heterocycles. The van der Waals surface area contributed by atoms with E-state index < -0.39 is 0 Å². The van der Waals surface area contributed by atoms with E-state index in [9.17, 15) is 0 Å². The molecule has 0 spiro atoms. The molecule has 0 saturated heterocycles. The van der Waals surface area contributed by atoms with Crippen LogP contribution in [0, 0.1) is 6.92 Å². The molecular weight excluding hydrogens is 252 g/mol. The lowest BCUT2D eigenvalue weighted by atomic mass is 10.2. The lowest BCUT2D eigenvalue weighted by molar-refractivity contribution is 0.338. The summed E-state index contributed by atoms with van der Waals surface area (Å²) >= 11 is 0. The van der Waals surface area contributed by atoms with E-state index in [0.29, 0.717) is 13.2 Å². The highest BCUT2D eigenvalue weighted by Crippen LogP contribution is 2.28. The van der Waals surface area contributed by atoms with Crippen LogP contribution < -0.4 is 14.8 Å². The van der Waals surface area contributed by atoms with Crippen LogP contribution in [-0.4, -0.2) is 18.6 Å². The van der Waals surface area contributed by atoms with E-state index in [1.165, 1.54) is 0 Å². The minimum Gasteiger partial charge on any atom is -0.494 e. The number of hydrogen-bond donors (Lipinski definition) is 1. The Bertz CT molecular complexity index is 570. The van der Waals surface area contributed by atoms with Crippen LogP contribution in [0.4, 0.5) is 0 Å². The summed E-state index contributed by atoms with van der Waals surface area (Å²) in [6.07, 6.45) is 1.84. The van der Waals surface area contributed by atoms with Crippen LogP contribution in [-0.2, 0) is 6.54 Å². The molecule has 4 heteroatoms. The molecule has 0 atom stereocenters. The van der Waals surface area contributed by atoms with Crippen molar-refractivity contribution in [2.45, 2.75) is 20.4 Å². The van der Waals surface area contributed by atoms with Crippen LogP contribution in [0.5, 0.6) is 17.2 Å². The van der Waals surface area contributed by atoms with Crippen LogP contribution in [0.1, 0.15) is 18.2 Å². The molecule has 0 radical (unpaired) electrons. The summed E-state index contributed by atoms with van der Waals surface area (Å²) in [5, 5.41) is 3.12. The molecular formula is C16H20N2O2. The highest BCUT2D eigenvalue weighted by Gasteiger charge is 2.06. The van der Waals surface area contributed by atoms with E-state index >= 15 is 0 Å². The number of pyridine rings is 1. The number of nitrogens with one attached hydrogen (secondary N) is 1. The van der Waals surface area contributed by atoms with E-state index in [0.717, 1.165) is 28.5 Å². The summed E-state index contributed by atoms with van der Waals surface area (Å²) in [6.45, 7) is 5.27. The van der Waals surface area contributed by atoms with Gasteiger partial charge in [-0.1, -0.05) is 6.07 Å². The molecule has 20 heavy (non-hydrogen) atoms. The molecule has 1 aromatic carbocycles. The topological polar surface area (TPSA) is 43.4 Å². The molecule has 0 bridgehead atoms. The first kappa shape index (κ1) is 14.3. The Balaban J connectivity index is 2.24. The van der Waals surface area contributed by atoms with E-state index in [-0.39, 0.29) is 0 Å². The number of ether oxygens (including phenoxy) is 2. The first-order chi connectivity index (χ1) is 9.72. The van der Waals surface area contributed by atoms with Gasteiger partial charge in [0.15, 0.2) is 0 Å². The first-order valence-electron chi connectivity index (χ1n) is 6.73. The Labute approximate surface area is 119 Å². The van der Waals surface area contributed by atoms with Gasteiger partial charge in [-0.15, -0.1) is 0 Å². The molecule has 0 aliphatic carbocycles. The van der Waals surface area contributed by atoms with E-state index in [2.05, 4.69) is 10.3 Å². The van der Waals surface area contributed by atoms with Crippen LogP contribution in [0.2, 0.25) is 0 Å². The lowest BCUT2D eigenvalue weighted by Gasteiger charge is -2.12. The van der Waals surface area contributed by atoms with Gasteiger partial charge in [0.1, 0.15) is 17.2 Å². The monoisotopic (exact) mass is 272 g/mol. The number of nitrogens with zero attached hydrogens (tertiary/aromatic N) is 1. The van der Waals surface area contributed by atoms with Gasteiger partial charge in [0, 0.05) is 36.1 Å². The van der Waals surface area contributed by atoms with Gasteiger partial charge in [-0.25, -0.2) is 0 Å². The number of aryl methyl sites for hydroxylation is 1. The second-order valence-corrected chi connectivity index (χ2v) is 4.47. The number of benzene rings is 1. The third-order valence-corrected chi connectivity index (χ3v) is 2.79. The van der Waals surface area contributed by atoms with E-state index in [1.807, 2.05) is 57.4 Å². The molecule has 2 rings (SSSR count). The number of aromatic nitrogens is 1. The molecule has 106 valence electrons. The predicted molar refractivity (Wildman–Crippen MR) is 79.4 cm³/mol. The quantitative estimate of drug-likeness (QED) is 0.876. The molecule has 0 saturated carbocycles. The van der Waals surface area contributed by atoms with Crippen molar-refractivity contribution in [2.24, 2.45) is 0 Å². The van der Waals surface area contributed by atoms with Crippen molar-refractivity contribution in [3.63, 3.8) is 0 Å². The molecule has 0 amide bonds. The number of hydrogen-bond acceptors (Lipinski definition) is 4. The van der Waals surface area contributed by atoms with Crippen molar-refractivity contribution in [3.05, 3.63) is 47.8 Å². The zero-order valence-electron chi connectivity index (χ0n) is 12.1. The van der Waals surface area contributed by atoms with Gasteiger partial charge in [-0.2, -0.15) is 0 Å². The van der Waals surface area contributed by atoms with Gasteiger partial charge < -0.3 is 14.8 Å². The minimum atomic E-state index is 0.642. The maximum Gasteiger partial charge on any atom is 0.135 e. The largest absolute Gasteiger partial charge is 0.494 e. The fraction of sp³-hybridized carbons (Fsp3) is 0.312. The summed E-state index contributed by atoms with van der Waals surface area (Å²) in [7, 11) is 1.90. The Morgan fingerprint density at radius 3 is 2.75 bits per heavy atom. The van der Waals surface area contributed by atoms with Gasteiger partial charge in [-0.3, -0.25) is 4.98 Å². The average molecular weight is 272 g/mol. The standard InChI is InChI=1S/C16H20N2O2/c1-4-19-14-6-5-7-15(9-14)20-16-8-12(2)18-11-13(16)10-17-3/h5-9,11,17H,4,10H2,1-3H3. The summed E-state index contributed by atoms with van der Waals surface area (Å²) in [5.41, 5.74) is 1.96. The highest BCUT2D eigenvalue weighted by molar-refractivity contribution is 5.40. The molecule has 1 heterocycles. The SMILES string of the molecule is CCOc1cccc(Oc2cc(C)ncc2CNC)c1. The van der Waals surface area contributed by atoms with Crippen molar-refractivity contribution in [2.75, 3.05) is 13.7 Å². The normalized spacial score (nSPS) is 10.3. The Kier molecular flexibility index (Phi) is 4.96. The van der Waals surface area contributed by atoms with Gasteiger partial charge in [0.2, 0.25) is 0 Å². The summed E-state index contributed by atoms with van der Waals surface area (Å²) < 4.78 is 11.5. The lowest BCUT2D eigenvalue weighted by Crippen LogP contribution is -2.07. The van der Waals surface area contributed by atoms with Gasteiger partial charge in [0.05, 0.1) is 6.61 Å². The Morgan fingerprint density at radius 1 is 1.20 bits per heavy atom. The van der Waals surface area contributed by atoms with Gasteiger partial charge in [0.25, 0.3) is 0 Å². The van der Waals surface area contributed by atoms with E-state index in [4.69, 9.17) is 9.47 Å². The fourth-order valence-electron chi connectivity index (χ4n) is 1.90. The van der Waals surface area contributed by atoms with Crippen molar-refractivity contribution in [1.82, 2.24) is 10.3 Å². The average Bonchev–Trinajstić information content (AvgIpc) is 2.43. The van der Waals surface area contributed by atoms with Crippen LogP contribution in [0.15, 0.2) is 36.5 Å². The van der Waals surface area contributed by atoms with Gasteiger partial charge >= 0.3 is 0 Å². The third-order valence-electron chi connectivity index (χ3n) is 2.79. The second-order valence-electron chi connectivity index (χ2n) is 4.47. The summed E-state index contributed by atoms with van der Waals surface area (Å²) in [6, 6.07) is 9.60. The molecule has 0 fully saturated rings. The maximum atomic E-state index is 5.97. The Hall–Kier alpha value is -2.07. The summed E-state index contributed by atoms with van der Waals surface area (Å²) in [4.78, 5) is 4.30. The zero-order chi connectivity index (χ0) is 14.4. The smallest absolute Gasteiger partial charge is 0.135 e. The number of rotatable bonds is 6. The highest BCUT2D eigenvalue weighted by atomic mass is 16.5. The van der Waals surface area contributed by atoms with Crippen molar-refractivity contribution in [1.29, 1.82) is 0 Å². The van der Waals surface area contributed by atoms with Crippen LogP contribution >= 0.6 is 0 Å². The van der Waals surface area contributed by atoms with Crippen LogP contribution in [0.25, 0.3) is 0 Å². The Morgan fingerprint density at radius 2 is 2.00 bits per heavy atom. The van der Waals surface area contributed by atoms with Crippen molar-refractivity contribution >= 4 is 0 Å². The molecule has 0 unspecified atom stereocenters. The molecule has 0 aliphatic rings. The second kappa shape index (κ2) is 6.91. The molecule has 1 aromatic heterocycles. The van der Waals surface area contributed by atoms with Gasteiger partial charge in [-0.05, 0) is 33.0 Å².